The quantitative estimate of drug-likeness (QED) is 0.375. The topological polar surface area (TPSA) is 51.7 Å². The largest absolute Gasteiger partial charge is 0.367 e. The number of rotatable bonds is 10. The molecular weight excluding hydrogens is 525 g/mol. The van der Waals surface area contributed by atoms with Gasteiger partial charge in [-0.2, -0.15) is 0 Å². The highest BCUT2D eigenvalue weighted by molar-refractivity contribution is 6.31. The molecule has 0 saturated carbocycles. The van der Waals surface area contributed by atoms with Gasteiger partial charge in [0.25, 0.3) is 0 Å². The van der Waals surface area contributed by atoms with E-state index in [2.05, 4.69) is 37.1 Å². The highest BCUT2D eigenvalue weighted by Gasteiger charge is 2.35. The number of nitrogens with zero attached hydrogens (tertiary/aromatic N) is 4. The summed E-state index contributed by atoms with van der Waals surface area (Å²) in [5, 5.41) is 3.84. The van der Waals surface area contributed by atoms with Gasteiger partial charge in [0.05, 0.1) is 5.69 Å². The number of benzene rings is 2. The van der Waals surface area contributed by atoms with Crippen LogP contribution in [0.25, 0.3) is 0 Å². The predicted molar refractivity (Wildman–Crippen MR) is 159 cm³/mol. The Morgan fingerprint density at radius 3 is 2.50 bits per heavy atom. The zero-order valence-corrected chi connectivity index (χ0v) is 23.8. The summed E-state index contributed by atoms with van der Waals surface area (Å²) < 4.78 is 14.4. The van der Waals surface area contributed by atoms with E-state index in [1.165, 1.54) is 11.6 Å². The Morgan fingerprint density at radius 2 is 1.73 bits per heavy atom. The maximum Gasteiger partial charge on any atom is 0.220 e. The molecule has 2 aliphatic rings. The van der Waals surface area contributed by atoms with Crippen LogP contribution in [-0.4, -0.2) is 72.5 Å². The summed E-state index contributed by atoms with van der Waals surface area (Å²) in [6, 6.07) is 19.4. The molecule has 2 aromatic carbocycles. The number of anilines is 1. The summed E-state index contributed by atoms with van der Waals surface area (Å²) in [6.45, 7) is 6.92. The molecule has 0 bridgehead atoms. The Hall–Kier alpha value is -3.00. The standard InChI is InChI=1S/C32H39ClFN5O/c33-28-6-2-1-5-26(28)13-17-36-32(40)10-9-27-24-37(23-25-11-15-35-16-12-25)18-14-30(27)38-19-21-39(22-20-38)31-8-4-3-7-29(31)34/h1-8,11-12,15-16,27,30H,9-10,13-14,17-24H2,(H,36,40)/t27-,30+/m0/s1. The van der Waals surface area contributed by atoms with Crippen molar-refractivity contribution in [3.05, 3.63) is 95.0 Å². The van der Waals surface area contributed by atoms with Crippen molar-refractivity contribution >= 4 is 23.2 Å². The van der Waals surface area contributed by atoms with Crippen molar-refractivity contribution < 1.29 is 9.18 Å². The molecule has 1 amide bonds. The summed E-state index contributed by atoms with van der Waals surface area (Å²) in [5.41, 5.74) is 3.01. The fourth-order valence-corrected chi connectivity index (χ4v) is 6.43. The van der Waals surface area contributed by atoms with Gasteiger partial charge in [-0.15, -0.1) is 0 Å². The van der Waals surface area contributed by atoms with Gasteiger partial charge in [-0.25, -0.2) is 4.39 Å². The number of carbonyl (C=O) groups is 1. The molecular formula is C32H39ClFN5O. The third-order valence-electron chi connectivity index (χ3n) is 8.33. The van der Waals surface area contributed by atoms with Gasteiger partial charge in [0.15, 0.2) is 0 Å². The van der Waals surface area contributed by atoms with Crippen molar-refractivity contribution in [2.75, 3.05) is 50.7 Å². The third kappa shape index (κ3) is 7.59. The SMILES string of the molecule is O=C(CC[C@H]1CN(Cc2ccncc2)CC[C@H]1N1CCN(c2ccccc2F)CC1)NCCc1ccccc1Cl. The Balaban J connectivity index is 1.17. The van der Waals surface area contributed by atoms with E-state index in [0.29, 0.717) is 30.6 Å². The lowest BCUT2D eigenvalue weighted by Gasteiger charge is -2.47. The maximum atomic E-state index is 14.4. The highest BCUT2D eigenvalue weighted by atomic mass is 35.5. The van der Waals surface area contributed by atoms with Gasteiger partial charge >= 0.3 is 0 Å². The number of hydrogen-bond acceptors (Lipinski definition) is 5. The molecule has 5 rings (SSSR count). The number of pyridine rings is 1. The van der Waals surface area contributed by atoms with Crippen molar-refractivity contribution in [2.45, 2.75) is 38.3 Å². The number of likely N-dealkylation sites (tertiary alicyclic amines) is 1. The molecule has 1 N–H and O–H groups in total. The van der Waals surface area contributed by atoms with Gasteiger partial charge in [-0.05, 0) is 73.2 Å². The van der Waals surface area contributed by atoms with Crippen LogP contribution in [-0.2, 0) is 17.8 Å². The average Bonchev–Trinajstić information content (AvgIpc) is 2.98. The van der Waals surface area contributed by atoms with Crippen LogP contribution in [0.1, 0.15) is 30.4 Å². The zero-order valence-electron chi connectivity index (χ0n) is 23.0. The minimum absolute atomic E-state index is 0.0985. The summed E-state index contributed by atoms with van der Waals surface area (Å²) in [6.07, 6.45) is 6.86. The number of hydrogen-bond donors (Lipinski definition) is 1. The van der Waals surface area contributed by atoms with E-state index < -0.39 is 0 Å². The molecule has 8 heteroatoms. The molecule has 0 radical (unpaired) electrons. The Labute approximate surface area is 242 Å². The molecule has 0 aliphatic carbocycles. The summed E-state index contributed by atoms with van der Waals surface area (Å²) >= 11 is 6.27. The highest BCUT2D eigenvalue weighted by Crippen LogP contribution is 2.29. The molecule has 2 saturated heterocycles. The number of halogens is 2. The molecule has 3 heterocycles. The van der Waals surface area contributed by atoms with Gasteiger partial charge < -0.3 is 10.2 Å². The van der Waals surface area contributed by atoms with E-state index in [1.807, 2.05) is 48.8 Å². The second kappa shape index (κ2) is 14.1. The van der Waals surface area contributed by atoms with E-state index in [0.717, 1.165) is 75.7 Å². The normalized spacial score (nSPS) is 20.4. The van der Waals surface area contributed by atoms with Gasteiger partial charge in [-0.1, -0.05) is 41.9 Å². The maximum absolute atomic E-state index is 14.4. The first-order valence-corrected chi connectivity index (χ1v) is 14.8. The van der Waals surface area contributed by atoms with Crippen molar-refractivity contribution in [3.8, 4) is 0 Å². The molecule has 2 atom stereocenters. The van der Waals surface area contributed by atoms with Gasteiger partial charge in [0, 0.05) is 75.7 Å². The lowest BCUT2D eigenvalue weighted by Crippen LogP contribution is -2.56. The van der Waals surface area contributed by atoms with Crippen LogP contribution < -0.4 is 10.2 Å². The van der Waals surface area contributed by atoms with Gasteiger partial charge in [0.2, 0.25) is 5.91 Å². The minimum Gasteiger partial charge on any atom is -0.367 e. The second-order valence-corrected chi connectivity index (χ2v) is 11.3. The number of piperazine rings is 1. The lowest BCUT2D eigenvalue weighted by molar-refractivity contribution is -0.121. The second-order valence-electron chi connectivity index (χ2n) is 10.9. The molecule has 40 heavy (non-hydrogen) atoms. The molecule has 2 aliphatic heterocycles. The van der Waals surface area contributed by atoms with Gasteiger partial charge in [0.1, 0.15) is 5.82 Å². The van der Waals surface area contributed by atoms with Crippen molar-refractivity contribution in [3.63, 3.8) is 0 Å². The van der Waals surface area contributed by atoms with Gasteiger partial charge in [-0.3, -0.25) is 19.6 Å². The van der Waals surface area contributed by atoms with Crippen LogP contribution in [0, 0.1) is 11.7 Å². The zero-order chi connectivity index (χ0) is 27.7. The molecule has 3 aromatic rings. The van der Waals surface area contributed by atoms with E-state index in [4.69, 9.17) is 11.6 Å². The van der Waals surface area contributed by atoms with Crippen LogP contribution in [0.4, 0.5) is 10.1 Å². The third-order valence-corrected chi connectivity index (χ3v) is 8.70. The lowest BCUT2D eigenvalue weighted by atomic mass is 9.86. The van der Waals surface area contributed by atoms with E-state index in [1.54, 1.807) is 6.07 Å². The van der Waals surface area contributed by atoms with Crippen molar-refractivity contribution in [1.82, 2.24) is 20.1 Å². The summed E-state index contributed by atoms with van der Waals surface area (Å²) in [4.78, 5) is 24.2. The van der Waals surface area contributed by atoms with Crippen molar-refractivity contribution in [2.24, 2.45) is 5.92 Å². The molecule has 0 spiro atoms. The first-order chi connectivity index (χ1) is 19.6. The van der Waals surface area contributed by atoms with Crippen LogP contribution in [0.5, 0.6) is 0 Å². The Morgan fingerprint density at radius 1 is 0.975 bits per heavy atom. The minimum atomic E-state index is -0.154. The van der Waals surface area contributed by atoms with E-state index in [9.17, 15) is 9.18 Å². The number of para-hydroxylation sites is 1. The number of carbonyl (C=O) groups excluding carboxylic acids is 1. The molecule has 2 fully saturated rings. The smallest absolute Gasteiger partial charge is 0.220 e. The Kier molecular flexibility index (Phi) is 10.0. The molecule has 6 nitrogen and oxygen atoms in total. The number of aromatic nitrogens is 1. The van der Waals surface area contributed by atoms with Crippen LogP contribution in [0.3, 0.4) is 0 Å². The fourth-order valence-electron chi connectivity index (χ4n) is 6.19. The van der Waals surface area contributed by atoms with Crippen LogP contribution in [0.15, 0.2) is 73.1 Å². The monoisotopic (exact) mass is 563 g/mol. The van der Waals surface area contributed by atoms with Crippen LogP contribution in [0.2, 0.25) is 5.02 Å². The molecule has 212 valence electrons. The first kappa shape index (κ1) is 28.5. The number of amides is 1. The van der Waals surface area contributed by atoms with E-state index in [-0.39, 0.29) is 11.7 Å². The predicted octanol–water partition coefficient (Wildman–Crippen LogP) is 5.03. The molecule has 0 unspecified atom stereocenters. The number of nitrogens with one attached hydrogen (secondary N) is 1. The van der Waals surface area contributed by atoms with Crippen LogP contribution >= 0.6 is 11.6 Å². The fraction of sp³-hybridized carbons (Fsp3) is 0.438. The van der Waals surface area contributed by atoms with E-state index >= 15 is 0 Å². The molecule has 1 aromatic heterocycles. The first-order valence-electron chi connectivity index (χ1n) is 14.4. The van der Waals surface area contributed by atoms with Crippen molar-refractivity contribution in [1.29, 1.82) is 0 Å². The number of piperidine rings is 1. The summed E-state index contributed by atoms with van der Waals surface area (Å²) in [7, 11) is 0. The Bertz CT molecular complexity index is 1240. The summed E-state index contributed by atoms with van der Waals surface area (Å²) in [5.74, 6) is 0.338. The average molecular weight is 564 g/mol.